The highest BCUT2D eigenvalue weighted by Crippen LogP contribution is 2.64. The Labute approximate surface area is 350 Å². The molecule has 0 aliphatic heterocycles. The van der Waals surface area contributed by atoms with Crippen LogP contribution < -0.4 is 4.90 Å². The molecule has 0 bridgehead atoms. The Morgan fingerprint density at radius 1 is 0.267 bits per heavy atom. The summed E-state index contributed by atoms with van der Waals surface area (Å²) in [4.78, 5) is 2.54. The van der Waals surface area contributed by atoms with Crippen molar-refractivity contribution >= 4 is 27.8 Å². The van der Waals surface area contributed by atoms with Gasteiger partial charge in [-0.3, -0.25) is 0 Å². The van der Waals surface area contributed by atoms with Crippen molar-refractivity contribution in [3.8, 4) is 66.8 Å². The predicted octanol–water partition coefficient (Wildman–Crippen LogP) is 15.6. The zero-order chi connectivity index (χ0) is 39.4. The normalized spacial score (nSPS) is 13.1. The summed E-state index contributed by atoms with van der Waals surface area (Å²) in [6.07, 6.45) is 0. The molecule has 0 heterocycles. The third kappa shape index (κ3) is 4.47. The van der Waals surface area contributed by atoms with E-state index in [1.54, 1.807) is 0 Å². The van der Waals surface area contributed by atoms with Crippen LogP contribution in [0.3, 0.4) is 0 Å². The topological polar surface area (TPSA) is 3.24 Å². The van der Waals surface area contributed by atoms with Gasteiger partial charge in [-0.2, -0.15) is 0 Å². The fourth-order valence-corrected chi connectivity index (χ4v) is 11.0. The van der Waals surface area contributed by atoms with Gasteiger partial charge in [0.25, 0.3) is 0 Å². The van der Waals surface area contributed by atoms with E-state index < -0.39 is 5.41 Å². The highest BCUT2D eigenvalue weighted by molar-refractivity contribution is 6.19. The van der Waals surface area contributed by atoms with Crippen molar-refractivity contribution in [1.82, 2.24) is 0 Å². The van der Waals surface area contributed by atoms with E-state index in [0.717, 1.165) is 17.1 Å². The number of hydrogen-bond donors (Lipinski definition) is 0. The van der Waals surface area contributed by atoms with Crippen molar-refractivity contribution in [3.63, 3.8) is 0 Å². The predicted molar refractivity (Wildman–Crippen MR) is 250 cm³/mol. The molecule has 0 fully saturated rings. The van der Waals surface area contributed by atoms with Crippen molar-refractivity contribution in [3.05, 3.63) is 247 Å². The van der Waals surface area contributed by atoms with E-state index >= 15 is 0 Å². The summed E-state index contributed by atoms with van der Waals surface area (Å²) in [5.74, 6) is 0. The van der Waals surface area contributed by atoms with E-state index in [9.17, 15) is 0 Å². The van der Waals surface area contributed by atoms with Gasteiger partial charge in [-0.05, 0) is 119 Å². The first-order chi connectivity index (χ1) is 29.8. The van der Waals surface area contributed by atoms with Gasteiger partial charge in [-0.15, -0.1) is 0 Å². The van der Waals surface area contributed by atoms with Crippen LogP contribution in [0.5, 0.6) is 0 Å². The lowest BCUT2D eigenvalue weighted by Gasteiger charge is -2.33. The third-order valence-electron chi connectivity index (χ3n) is 13.4. The largest absolute Gasteiger partial charge is 0.309 e. The lowest BCUT2D eigenvalue weighted by atomic mass is 9.70. The fraction of sp³-hybridized carbons (Fsp3) is 0.0169. The molecule has 0 N–H and O–H groups in total. The van der Waals surface area contributed by atoms with Gasteiger partial charge in [0.1, 0.15) is 0 Å². The molecule has 3 aliphatic carbocycles. The van der Waals surface area contributed by atoms with Crippen LogP contribution in [0.25, 0.3) is 77.5 Å². The molecule has 1 heteroatoms. The van der Waals surface area contributed by atoms with Crippen molar-refractivity contribution < 1.29 is 0 Å². The molecule has 0 aromatic heterocycles. The number of nitrogens with zero attached hydrogens (tertiary/aromatic N) is 1. The van der Waals surface area contributed by atoms with E-state index in [-0.39, 0.29) is 0 Å². The van der Waals surface area contributed by atoms with Gasteiger partial charge in [0.2, 0.25) is 0 Å². The molecule has 0 radical (unpaired) electrons. The highest BCUT2D eigenvalue weighted by Gasteiger charge is 2.52. The maximum atomic E-state index is 2.54. The number of benzene rings is 10. The molecule has 60 heavy (non-hydrogen) atoms. The van der Waals surface area contributed by atoms with Crippen LogP contribution in [-0.4, -0.2) is 0 Å². The minimum atomic E-state index is -0.507. The van der Waals surface area contributed by atoms with Gasteiger partial charge in [-0.1, -0.05) is 194 Å². The quantitative estimate of drug-likeness (QED) is 0.169. The fourth-order valence-electron chi connectivity index (χ4n) is 11.0. The Kier molecular flexibility index (Phi) is 7.00. The van der Waals surface area contributed by atoms with Crippen molar-refractivity contribution in [1.29, 1.82) is 0 Å². The maximum absolute atomic E-state index is 2.54. The van der Waals surface area contributed by atoms with Crippen LogP contribution in [0.1, 0.15) is 22.3 Å². The molecule has 278 valence electrons. The number of anilines is 3. The number of rotatable bonds is 5. The maximum Gasteiger partial charge on any atom is 0.0726 e. The average Bonchev–Trinajstić information content (AvgIpc) is 3.92. The molecule has 0 atom stereocenters. The molecule has 10 aromatic carbocycles. The molecule has 1 spiro atoms. The highest BCUT2D eigenvalue weighted by atomic mass is 15.1. The minimum Gasteiger partial charge on any atom is -0.309 e. The number of para-hydroxylation sites is 1. The first kappa shape index (κ1) is 33.3. The lowest BCUT2D eigenvalue weighted by molar-refractivity contribution is 0.794. The van der Waals surface area contributed by atoms with Crippen LogP contribution in [0.4, 0.5) is 17.1 Å². The van der Waals surface area contributed by atoms with Gasteiger partial charge in [0.15, 0.2) is 0 Å². The molecule has 0 saturated heterocycles. The monoisotopic (exact) mass is 759 g/mol. The molecule has 0 unspecified atom stereocenters. The summed E-state index contributed by atoms with van der Waals surface area (Å²) in [5, 5.41) is 2.56. The Balaban J connectivity index is 1.12. The van der Waals surface area contributed by atoms with E-state index in [2.05, 4.69) is 229 Å². The second-order valence-electron chi connectivity index (χ2n) is 16.3. The lowest BCUT2D eigenvalue weighted by Crippen LogP contribution is -2.26. The van der Waals surface area contributed by atoms with Crippen molar-refractivity contribution in [2.24, 2.45) is 0 Å². The van der Waals surface area contributed by atoms with Crippen LogP contribution in [0.15, 0.2) is 224 Å². The zero-order valence-corrected chi connectivity index (χ0v) is 32.8. The number of fused-ring (bicyclic) bond motifs is 13. The van der Waals surface area contributed by atoms with Crippen LogP contribution >= 0.6 is 0 Å². The average molecular weight is 760 g/mol. The molecular formula is C59H37N. The molecule has 1 nitrogen and oxygen atoms in total. The Morgan fingerprint density at radius 2 is 0.767 bits per heavy atom. The molecular weight excluding hydrogens is 723 g/mol. The second-order valence-corrected chi connectivity index (χ2v) is 16.3. The summed E-state index contributed by atoms with van der Waals surface area (Å²) in [6, 6.07) is 83.7. The van der Waals surface area contributed by atoms with Crippen molar-refractivity contribution in [2.45, 2.75) is 5.41 Å². The number of hydrogen-bond acceptors (Lipinski definition) is 1. The molecule has 0 amide bonds. The third-order valence-corrected chi connectivity index (χ3v) is 13.4. The van der Waals surface area contributed by atoms with Gasteiger partial charge in [0.05, 0.1) is 16.8 Å². The van der Waals surface area contributed by atoms with E-state index in [0.29, 0.717) is 0 Å². The van der Waals surface area contributed by atoms with Crippen LogP contribution in [-0.2, 0) is 5.41 Å². The Bertz CT molecular complexity index is 3300. The first-order valence-corrected chi connectivity index (χ1v) is 20.9. The Morgan fingerprint density at radius 3 is 1.47 bits per heavy atom. The standard InChI is InChI=1S/C59H37N/c1-3-16-38(17-4-1)40-30-32-47-48-33-31-41(37-55(48)59(54(47)36-40)52-27-12-9-23-45(52)46-24-10-13-28-53(46)59)60(56-29-14-11-20-42(56)39-18-5-2-6-19-39)57-35-34-50-44-22-8-7-21-43(44)49-25-15-26-51(57)58(49)50/h1-37H. The van der Waals surface area contributed by atoms with E-state index in [1.165, 1.54) is 99.8 Å². The van der Waals surface area contributed by atoms with Crippen LogP contribution in [0.2, 0.25) is 0 Å². The Hall–Kier alpha value is -7.74. The smallest absolute Gasteiger partial charge is 0.0726 e. The molecule has 13 rings (SSSR count). The summed E-state index contributed by atoms with van der Waals surface area (Å²) in [5.41, 5.74) is 23.5. The van der Waals surface area contributed by atoms with E-state index in [4.69, 9.17) is 0 Å². The zero-order valence-electron chi connectivity index (χ0n) is 32.8. The SMILES string of the molecule is c1ccc(-c2ccc3c(c2)C2(c4ccccc4-c4ccccc42)c2cc(N(c4ccccc4-c4ccccc4)c4ccc5c6c(cccc46)-c4ccccc4-5)ccc2-3)cc1. The van der Waals surface area contributed by atoms with Gasteiger partial charge in [0, 0.05) is 16.6 Å². The minimum absolute atomic E-state index is 0.507. The second kappa shape index (κ2) is 12.6. The van der Waals surface area contributed by atoms with E-state index in [1.807, 2.05) is 0 Å². The van der Waals surface area contributed by atoms with Gasteiger partial charge < -0.3 is 4.90 Å². The first-order valence-electron chi connectivity index (χ1n) is 20.9. The summed E-state index contributed by atoms with van der Waals surface area (Å²) in [7, 11) is 0. The molecule has 10 aromatic rings. The summed E-state index contributed by atoms with van der Waals surface area (Å²) in [6.45, 7) is 0. The molecule has 3 aliphatic rings. The molecule has 0 saturated carbocycles. The van der Waals surface area contributed by atoms with Gasteiger partial charge in [-0.25, -0.2) is 0 Å². The van der Waals surface area contributed by atoms with Crippen molar-refractivity contribution in [2.75, 3.05) is 4.90 Å². The van der Waals surface area contributed by atoms with Gasteiger partial charge >= 0.3 is 0 Å². The summed E-state index contributed by atoms with van der Waals surface area (Å²) >= 11 is 0. The summed E-state index contributed by atoms with van der Waals surface area (Å²) < 4.78 is 0. The van der Waals surface area contributed by atoms with Crippen LogP contribution in [0, 0.1) is 0 Å².